The summed E-state index contributed by atoms with van der Waals surface area (Å²) in [7, 11) is 1.84. The minimum absolute atomic E-state index is 0. The van der Waals surface area contributed by atoms with Crippen LogP contribution >= 0.6 is 35.8 Å². The average Bonchev–Trinajstić information content (AvgIpc) is 2.55. The number of carbonyl (C=O) groups is 1. The summed E-state index contributed by atoms with van der Waals surface area (Å²) in [6.45, 7) is 2.52. The van der Waals surface area contributed by atoms with Crippen LogP contribution in [0.1, 0.15) is 17.4 Å². The maximum absolute atomic E-state index is 11.9. The minimum Gasteiger partial charge on any atom is -0.349 e. The first kappa shape index (κ1) is 19.7. The normalized spacial score (nSPS) is 11.4. The number of amides is 1. The fourth-order valence-corrected chi connectivity index (χ4v) is 2.58. The van der Waals surface area contributed by atoms with E-state index in [0.717, 1.165) is 4.90 Å². The van der Waals surface area contributed by atoms with Crippen molar-refractivity contribution in [1.29, 1.82) is 0 Å². The first-order chi connectivity index (χ1) is 10.6. The lowest BCUT2D eigenvalue weighted by atomic mass is 10.3. The molecule has 2 rings (SSSR count). The molecular formula is C15H18Cl2N4OS. The van der Waals surface area contributed by atoms with Gasteiger partial charge in [-0.25, -0.2) is 0 Å². The van der Waals surface area contributed by atoms with E-state index in [4.69, 9.17) is 11.6 Å². The van der Waals surface area contributed by atoms with Gasteiger partial charge in [0, 0.05) is 17.5 Å². The van der Waals surface area contributed by atoms with Crippen LogP contribution in [-0.2, 0) is 0 Å². The van der Waals surface area contributed by atoms with E-state index in [9.17, 15) is 4.79 Å². The maximum atomic E-state index is 11.9. The molecular weight excluding hydrogens is 355 g/mol. The van der Waals surface area contributed by atoms with Crippen molar-refractivity contribution in [2.45, 2.75) is 22.9 Å². The molecule has 1 atom stereocenters. The zero-order chi connectivity index (χ0) is 15.9. The lowest BCUT2D eigenvalue weighted by Crippen LogP contribution is -2.37. The molecule has 2 aromatic rings. The van der Waals surface area contributed by atoms with Gasteiger partial charge in [-0.1, -0.05) is 35.5 Å². The number of nitrogens with zero attached hydrogens (tertiary/aromatic N) is 2. The number of halogens is 2. The van der Waals surface area contributed by atoms with Gasteiger partial charge in [0.2, 0.25) is 0 Å². The van der Waals surface area contributed by atoms with Gasteiger partial charge in [0.25, 0.3) is 5.91 Å². The summed E-state index contributed by atoms with van der Waals surface area (Å²) in [6.07, 6.45) is 0. The SMILES string of the molecule is CNC(C)CNC(=O)c1ccc(Sc2ccccc2Cl)nn1.Cl. The van der Waals surface area contributed by atoms with Gasteiger partial charge in [0.05, 0.1) is 5.02 Å². The van der Waals surface area contributed by atoms with Crippen LogP contribution in [0.3, 0.4) is 0 Å². The quantitative estimate of drug-likeness (QED) is 0.815. The molecule has 0 aliphatic heterocycles. The third-order valence-corrected chi connectivity index (χ3v) is 4.43. The van der Waals surface area contributed by atoms with E-state index in [1.807, 2.05) is 38.2 Å². The van der Waals surface area contributed by atoms with Crippen LogP contribution in [-0.4, -0.2) is 35.7 Å². The summed E-state index contributed by atoms with van der Waals surface area (Å²) < 4.78 is 0. The van der Waals surface area contributed by atoms with E-state index in [-0.39, 0.29) is 24.4 Å². The first-order valence-corrected chi connectivity index (χ1v) is 8.01. The van der Waals surface area contributed by atoms with Crippen LogP contribution in [0.2, 0.25) is 5.02 Å². The Morgan fingerprint density at radius 3 is 2.61 bits per heavy atom. The molecule has 1 unspecified atom stereocenters. The summed E-state index contributed by atoms with van der Waals surface area (Å²) in [5.74, 6) is -0.233. The summed E-state index contributed by atoms with van der Waals surface area (Å²) in [4.78, 5) is 12.8. The average molecular weight is 373 g/mol. The highest BCUT2D eigenvalue weighted by Crippen LogP contribution is 2.31. The van der Waals surface area contributed by atoms with Crippen molar-refractivity contribution in [3.05, 3.63) is 47.1 Å². The van der Waals surface area contributed by atoms with Gasteiger partial charge < -0.3 is 10.6 Å². The molecule has 5 nitrogen and oxygen atoms in total. The molecule has 2 N–H and O–H groups in total. The molecule has 0 bridgehead atoms. The smallest absolute Gasteiger partial charge is 0.271 e. The van der Waals surface area contributed by atoms with Crippen LogP contribution in [0.25, 0.3) is 0 Å². The van der Waals surface area contributed by atoms with Crippen LogP contribution in [0.5, 0.6) is 0 Å². The number of benzene rings is 1. The molecule has 0 saturated carbocycles. The van der Waals surface area contributed by atoms with E-state index >= 15 is 0 Å². The highest BCUT2D eigenvalue weighted by molar-refractivity contribution is 7.99. The molecule has 1 aromatic carbocycles. The van der Waals surface area contributed by atoms with Gasteiger partial charge >= 0.3 is 0 Å². The van der Waals surface area contributed by atoms with E-state index in [1.54, 1.807) is 12.1 Å². The number of likely N-dealkylation sites (N-methyl/N-ethyl adjacent to an activating group) is 1. The van der Waals surface area contributed by atoms with Crippen molar-refractivity contribution >= 4 is 41.7 Å². The van der Waals surface area contributed by atoms with Crippen molar-refractivity contribution < 1.29 is 4.79 Å². The largest absolute Gasteiger partial charge is 0.349 e. The minimum atomic E-state index is -0.233. The molecule has 1 amide bonds. The number of nitrogens with one attached hydrogen (secondary N) is 2. The second-order valence-corrected chi connectivity index (χ2v) is 6.16. The van der Waals surface area contributed by atoms with Gasteiger partial charge in [-0.2, -0.15) is 0 Å². The molecule has 124 valence electrons. The number of hydrogen-bond acceptors (Lipinski definition) is 5. The molecule has 23 heavy (non-hydrogen) atoms. The molecule has 1 aromatic heterocycles. The first-order valence-electron chi connectivity index (χ1n) is 6.81. The Hall–Kier alpha value is -1.34. The maximum Gasteiger partial charge on any atom is 0.271 e. The Balaban J connectivity index is 0.00000264. The van der Waals surface area contributed by atoms with Crippen molar-refractivity contribution in [3.8, 4) is 0 Å². The van der Waals surface area contributed by atoms with Gasteiger partial charge in [-0.05, 0) is 38.2 Å². The van der Waals surface area contributed by atoms with Gasteiger partial charge in [-0.3, -0.25) is 4.79 Å². The summed E-state index contributed by atoms with van der Waals surface area (Å²) >= 11 is 7.51. The fourth-order valence-electron chi connectivity index (χ4n) is 1.57. The Labute approximate surface area is 151 Å². The van der Waals surface area contributed by atoms with Crippen LogP contribution in [0.4, 0.5) is 0 Å². The standard InChI is InChI=1S/C15H17ClN4OS.ClH/c1-10(17-2)9-18-15(21)12-7-8-14(20-19-12)22-13-6-4-3-5-11(13)16;/h3-8,10,17H,9H2,1-2H3,(H,18,21);1H. The third-order valence-electron chi connectivity index (χ3n) is 2.99. The van der Waals surface area contributed by atoms with Gasteiger partial charge in [0.1, 0.15) is 5.03 Å². The molecule has 0 radical (unpaired) electrons. The number of rotatable bonds is 6. The predicted octanol–water partition coefficient (Wildman–Crippen LogP) is 3.04. The highest BCUT2D eigenvalue weighted by atomic mass is 35.5. The summed E-state index contributed by atoms with van der Waals surface area (Å²) in [6, 6.07) is 11.1. The van der Waals surface area contributed by atoms with Crippen LogP contribution in [0.15, 0.2) is 46.3 Å². The lowest BCUT2D eigenvalue weighted by molar-refractivity contribution is 0.0944. The third kappa shape index (κ3) is 5.99. The zero-order valence-corrected chi connectivity index (χ0v) is 15.1. The Bertz CT molecular complexity index is 640. The van der Waals surface area contributed by atoms with Crippen molar-refractivity contribution in [3.63, 3.8) is 0 Å². The van der Waals surface area contributed by atoms with E-state index in [1.165, 1.54) is 11.8 Å². The van der Waals surface area contributed by atoms with E-state index in [2.05, 4.69) is 20.8 Å². The Kier molecular flexibility index (Phi) is 8.33. The van der Waals surface area contributed by atoms with Crippen LogP contribution < -0.4 is 10.6 Å². The Morgan fingerprint density at radius 1 is 1.26 bits per heavy atom. The monoisotopic (exact) mass is 372 g/mol. The van der Waals surface area contributed by atoms with Crippen molar-refractivity contribution in [1.82, 2.24) is 20.8 Å². The number of aromatic nitrogens is 2. The molecule has 0 saturated heterocycles. The zero-order valence-electron chi connectivity index (χ0n) is 12.7. The summed E-state index contributed by atoms with van der Waals surface area (Å²) in [5.41, 5.74) is 0.298. The number of hydrogen-bond donors (Lipinski definition) is 2. The molecule has 0 aliphatic rings. The lowest BCUT2D eigenvalue weighted by Gasteiger charge is -2.10. The van der Waals surface area contributed by atoms with E-state index in [0.29, 0.717) is 22.3 Å². The summed E-state index contributed by atoms with van der Waals surface area (Å²) in [5, 5.41) is 15.2. The van der Waals surface area contributed by atoms with Crippen molar-refractivity contribution in [2.24, 2.45) is 0 Å². The predicted molar refractivity (Wildman–Crippen MR) is 95.7 cm³/mol. The highest BCUT2D eigenvalue weighted by Gasteiger charge is 2.10. The van der Waals surface area contributed by atoms with Gasteiger partial charge in [0.15, 0.2) is 5.69 Å². The topological polar surface area (TPSA) is 66.9 Å². The molecule has 8 heteroatoms. The van der Waals surface area contributed by atoms with Crippen LogP contribution in [0, 0.1) is 0 Å². The molecule has 0 fully saturated rings. The van der Waals surface area contributed by atoms with E-state index < -0.39 is 0 Å². The molecule has 0 aliphatic carbocycles. The number of carbonyl (C=O) groups excluding carboxylic acids is 1. The second-order valence-electron chi connectivity index (χ2n) is 4.69. The van der Waals surface area contributed by atoms with Gasteiger partial charge in [-0.15, -0.1) is 22.6 Å². The second kappa shape index (κ2) is 9.72. The molecule has 1 heterocycles. The Morgan fingerprint density at radius 2 is 2.00 bits per heavy atom. The van der Waals surface area contributed by atoms with Crippen molar-refractivity contribution in [2.75, 3.05) is 13.6 Å². The fraction of sp³-hybridized carbons (Fsp3) is 0.267. The molecule has 0 spiro atoms.